The van der Waals surface area contributed by atoms with Crippen LogP contribution in [0.15, 0.2) is 158 Å². The van der Waals surface area contributed by atoms with Gasteiger partial charge in [0, 0.05) is 27.8 Å². The zero-order valence-electron chi connectivity index (χ0n) is 29.8. The Kier molecular flexibility index (Phi) is 7.82. The molecule has 2 aromatic heterocycles. The van der Waals surface area contributed by atoms with Gasteiger partial charge in [0.2, 0.25) is 0 Å². The SMILES string of the molecule is Fc1ccc(-c2cc(-n3c4c(c5ccc(=C6C=CC=CC6)cc53)CC=CC=4)c(C(F)(F)F)c(-n3c4ccccc4c4ccc(-c5ccccc5)cc43)c2)c(F)c1. The first kappa shape index (κ1) is 33.8. The second-order valence-electron chi connectivity index (χ2n) is 14.2. The van der Waals surface area contributed by atoms with Crippen molar-refractivity contribution in [3.8, 4) is 33.6 Å². The first-order chi connectivity index (χ1) is 27.2. The van der Waals surface area contributed by atoms with Gasteiger partial charge in [0.15, 0.2) is 0 Å². The maximum absolute atomic E-state index is 16.3. The molecule has 56 heavy (non-hydrogen) atoms. The highest BCUT2D eigenvalue weighted by molar-refractivity contribution is 6.10. The summed E-state index contributed by atoms with van der Waals surface area (Å²) in [6.45, 7) is 0. The average Bonchev–Trinajstić information content (AvgIpc) is 3.73. The number of hydrogen-bond donors (Lipinski definition) is 0. The number of rotatable bonds is 4. The molecule has 0 amide bonds. The average molecular weight is 743 g/mol. The van der Waals surface area contributed by atoms with Crippen LogP contribution in [0.2, 0.25) is 0 Å². The summed E-state index contributed by atoms with van der Waals surface area (Å²) in [7, 11) is 0. The fraction of sp³-hybridized carbons (Fsp3) is 0.0612. The summed E-state index contributed by atoms with van der Waals surface area (Å²) in [5, 5.41) is 3.89. The van der Waals surface area contributed by atoms with Gasteiger partial charge in [0.05, 0.1) is 33.3 Å². The van der Waals surface area contributed by atoms with Crippen LogP contribution in [0.3, 0.4) is 0 Å². The molecule has 272 valence electrons. The van der Waals surface area contributed by atoms with Gasteiger partial charge in [-0.2, -0.15) is 13.2 Å². The lowest BCUT2D eigenvalue weighted by Crippen LogP contribution is -2.24. The second-order valence-corrected chi connectivity index (χ2v) is 14.2. The van der Waals surface area contributed by atoms with Crippen molar-refractivity contribution in [1.82, 2.24) is 9.13 Å². The maximum atomic E-state index is 16.3. The number of hydrogen-bond acceptors (Lipinski definition) is 0. The molecule has 0 atom stereocenters. The Bertz CT molecular complexity index is 3140. The van der Waals surface area contributed by atoms with Gasteiger partial charge in [-0.15, -0.1) is 0 Å². The minimum absolute atomic E-state index is 0.0158. The Hall–Kier alpha value is -6.73. The predicted octanol–water partition coefficient (Wildman–Crippen LogP) is 11.9. The van der Waals surface area contributed by atoms with E-state index < -0.39 is 23.4 Å². The summed E-state index contributed by atoms with van der Waals surface area (Å²) in [4.78, 5) is 0. The van der Waals surface area contributed by atoms with Crippen LogP contribution in [0.25, 0.3) is 78.0 Å². The number of fused-ring (bicyclic) bond motifs is 6. The zero-order valence-corrected chi connectivity index (χ0v) is 29.8. The molecule has 0 unspecified atom stereocenters. The first-order valence-electron chi connectivity index (χ1n) is 18.4. The predicted molar refractivity (Wildman–Crippen MR) is 216 cm³/mol. The Morgan fingerprint density at radius 1 is 0.536 bits per heavy atom. The summed E-state index contributed by atoms with van der Waals surface area (Å²) in [5.74, 6) is -1.65. The van der Waals surface area contributed by atoms with E-state index in [0.29, 0.717) is 34.7 Å². The van der Waals surface area contributed by atoms with E-state index in [1.165, 1.54) is 18.2 Å². The number of benzene rings is 6. The molecule has 0 radical (unpaired) electrons. The summed E-state index contributed by atoms with van der Waals surface area (Å²) in [5.41, 5.74) is 4.37. The normalized spacial score (nSPS) is 14.9. The maximum Gasteiger partial charge on any atom is 0.420 e. The third-order valence-electron chi connectivity index (χ3n) is 11.0. The van der Waals surface area contributed by atoms with Gasteiger partial charge in [0.25, 0.3) is 0 Å². The van der Waals surface area contributed by atoms with E-state index in [9.17, 15) is 4.39 Å². The van der Waals surface area contributed by atoms with Crippen molar-refractivity contribution in [3.63, 3.8) is 0 Å². The van der Waals surface area contributed by atoms with Crippen molar-refractivity contribution in [1.29, 1.82) is 0 Å². The molecule has 2 nitrogen and oxygen atoms in total. The number of nitrogens with zero attached hydrogens (tertiary/aromatic N) is 2. The van der Waals surface area contributed by atoms with Crippen LogP contribution in [0.5, 0.6) is 0 Å². The molecular formula is C49H31F5N2. The monoisotopic (exact) mass is 742 g/mol. The van der Waals surface area contributed by atoms with Crippen LogP contribution in [-0.4, -0.2) is 9.13 Å². The molecule has 0 spiro atoms. The Morgan fingerprint density at radius 2 is 1.27 bits per heavy atom. The highest BCUT2D eigenvalue weighted by atomic mass is 19.4. The summed E-state index contributed by atoms with van der Waals surface area (Å²) >= 11 is 0. The highest BCUT2D eigenvalue weighted by Gasteiger charge is 2.40. The van der Waals surface area contributed by atoms with E-state index >= 15 is 17.6 Å². The molecule has 7 heteroatoms. The van der Waals surface area contributed by atoms with E-state index in [1.54, 1.807) is 15.2 Å². The van der Waals surface area contributed by atoms with Crippen LogP contribution in [0.1, 0.15) is 17.5 Å². The molecule has 0 fully saturated rings. The molecule has 2 aliphatic rings. The van der Waals surface area contributed by atoms with Gasteiger partial charge in [-0.25, -0.2) is 8.78 Å². The lowest BCUT2D eigenvalue weighted by molar-refractivity contribution is -0.137. The molecule has 0 aliphatic heterocycles. The molecule has 0 saturated carbocycles. The van der Waals surface area contributed by atoms with Gasteiger partial charge in [0.1, 0.15) is 17.2 Å². The van der Waals surface area contributed by atoms with Crippen LogP contribution >= 0.6 is 0 Å². The van der Waals surface area contributed by atoms with E-state index in [2.05, 4.69) is 0 Å². The smallest absolute Gasteiger partial charge is 0.309 e. The third kappa shape index (κ3) is 5.45. The number of alkyl halides is 3. The van der Waals surface area contributed by atoms with Crippen LogP contribution in [-0.2, 0) is 12.6 Å². The molecule has 0 N–H and O–H groups in total. The fourth-order valence-corrected chi connectivity index (χ4v) is 8.47. The Labute approximate surface area is 318 Å². The summed E-state index contributed by atoms with van der Waals surface area (Å²) in [6, 6.07) is 34.8. The summed E-state index contributed by atoms with van der Waals surface area (Å²) < 4.78 is 82.5. The van der Waals surface area contributed by atoms with Crippen molar-refractivity contribution in [3.05, 3.63) is 191 Å². The van der Waals surface area contributed by atoms with E-state index in [1.807, 2.05) is 127 Å². The van der Waals surface area contributed by atoms with E-state index in [-0.39, 0.29) is 22.5 Å². The van der Waals surface area contributed by atoms with Crippen LogP contribution in [0, 0.1) is 11.6 Å². The molecule has 2 heterocycles. The minimum Gasteiger partial charge on any atom is -0.309 e. The standard InChI is InChI=1S/C49H31F5N2/c50-35-21-24-36(41(51)29-35)34-27-46(55-42-17-9-7-15-37(42)39-22-19-32(25-44(39)55)30-11-3-1-4-12-30)48(49(52,53)54)47(28-34)56-43-18-10-8-16-38(43)40-23-20-33(26-45(40)56)31-13-5-2-6-14-31/h1-13,15,17-29H,14,16H2. The van der Waals surface area contributed by atoms with Gasteiger partial charge < -0.3 is 9.13 Å². The number of para-hydroxylation sites is 1. The van der Waals surface area contributed by atoms with Gasteiger partial charge >= 0.3 is 6.18 Å². The van der Waals surface area contributed by atoms with Gasteiger partial charge in [-0.05, 0) is 94.4 Å². The van der Waals surface area contributed by atoms with Crippen LogP contribution in [0.4, 0.5) is 22.0 Å². The molecule has 0 bridgehead atoms. The van der Waals surface area contributed by atoms with Crippen molar-refractivity contribution in [2.45, 2.75) is 19.0 Å². The highest BCUT2D eigenvalue weighted by Crippen LogP contribution is 2.45. The number of halogens is 5. The molecule has 10 rings (SSSR count). The van der Waals surface area contributed by atoms with Gasteiger partial charge in [-0.3, -0.25) is 0 Å². The Balaban J connectivity index is 1.39. The Morgan fingerprint density at radius 3 is 2.05 bits per heavy atom. The topological polar surface area (TPSA) is 9.86 Å². The van der Waals surface area contributed by atoms with Crippen molar-refractivity contribution >= 4 is 44.4 Å². The van der Waals surface area contributed by atoms with Crippen molar-refractivity contribution in [2.75, 3.05) is 0 Å². The third-order valence-corrected chi connectivity index (χ3v) is 11.0. The molecular weight excluding hydrogens is 712 g/mol. The van der Waals surface area contributed by atoms with Gasteiger partial charge in [-0.1, -0.05) is 109 Å². The fourth-order valence-electron chi connectivity index (χ4n) is 8.47. The summed E-state index contributed by atoms with van der Waals surface area (Å²) in [6.07, 6.45) is 10.0. The second kappa shape index (κ2) is 12.9. The molecule has 2 aliphatic carbocycles. The molecule has 8 aromatic rings. The first-order valence-corrected chi connectivity index (χ1v) is 18.4. The molecule has 0 saturated heterocycles. The quantitative estimate of drug-likeness (QED) is 0.159. The lowest BCUT2D eigenvalue weighted by Gasteiger charge is -2.23. The largest absolute Gasteiger partial charge is 0.420 e. The lowest BCUT2D eigenvalue weighted by atomic mass is 9.98. The van der Waals surface area contributed by atoms with Crippen molar-refractivity contribution < 1.29 is 22.0 Å². The minimum atomic E-state index is -4.88. The van der Waals surface area contributed by atoms with E-state index in [4.69, 9.17) is 0 Å². The zero-order chi connectivity index (χ0) is 38.1. The van der Waals surface area contributed by atoms with E-state index in [0.717, 1.165) is 55.8 Å². The molecule has 6 aromatic carbocycles. The van der Waals surface area contributed by atoms with Crippen molar-refractivity contribution in [2.24, 2.45) is 0 Å². The van der Waals surface area contributed by atoms with Crippen LogP contribution < -0.4 is 10.6 Å². The number of allylic oxidation sites excluding steroid dienone is 6. The number of aromatic nitrogens is 2.